The number of ether oxygens (including phenoxy) is 1. The summed E-state index contributed by atoms with van der Waals surface area (Å²) in [6, 6.07) is 0. The van der Waals surface area contributed by atoms with Gasteiger partial charge in [-0.1, -0.05) is 32.4 Å². The van der Waals surface area contributed by atoms with Gasteiger partial charge in [0, 0.05) is 19.3 Å². The average Bonchev–Trinajstić information content (AvgIpc) is 2.12. The topological polar surface area (TPSA) is 43.4 Å². The summed E-state index contributed by atoms with van der Waals surface area (Å²) in [7, 11) is 0. The van der Waals surface area contributed by atoms with E-state index in [1.165, 1.54) is 0 Å². The first-order valence-corrected chi connectivity index (χ1v) is 5.86. The molecule has 90 valence electrons. The molecule has 0 aromatic rings. The molecule has 0 unspecified atom stereocenters. The summed E-state index contributed by atoms with van der Waals surface area (Å²) in [5.74, 6) is -0.125. The van der Waals surface area contributed by atoms with Crippen LogP contribution < -0.4 is 0 Å². The molecule has 0 bridgehead atoms. The second-order valence-electron chi connectivity index (χ2n) is 4.90. The predicted octanol–water partition coefficient (Wildman–Crippen LogP) is 3.17. The Morgan fingerprint density at radius 1 is 1.44 bits per heavy atom. The maximum atomic E-state index is 11.6. The molecule has 0 saturated carbocycles. The van der Waals surface area contributed by atoms with Crippen LogP contribution in [0.15, 0.2) is 10.8 Å². The van der Waals surface area contributed by atoms with Crippen LogP contribution in [0.1, 0.15) is 46.5 Å². The van der Waals surface area contributed by atoms with E-state index < -0.39 is 0 Å². The minimum absolute atomic E-state index is 0.0868. The fraction of sp³-hybridized carbons (Fsp3) is 0.667. The molecule has 0 atom stereocenters. The largest absolute Gasteiger partial charge is 0.429 e. The summed E-state index contributed by atoms with van der Waals surface area (Å²) in [5.41, 5.74) is -0.183. The molecule has 0 aromatic heterocycles. The molecule has 0 fully saturated rings. The number of halogens is 1. The van der Waals surface area contributed by atoms with E-state index in [9.17, 15) is 9.59 Å². The zero-order valence-corrected chi connectivity index (χ0v) is 10.7. The number of allylic oxidation sites excluding steroid dienone is 2. The number of esters is 1. The molecule has 16 heavy (non-hydrogen) atoms. The average molecular weight is 245 g/mol. The first-order chi connectivity index (χ1) is 7.35. The number of ketones is 1. The van der Waals surface area contributed by atoms with Crippen LogP contribution in [0, 0.1) is 5.41 Å². The normalized spacial score (nSPS) is 19.9. The summed E-state index contributed by atoms with van der Waals surface area (Å²) in [5, 5.41) is 0.0868. The van der Waals surface area contributed by atoms with E-state index in [1.54, 1.807) is 0 Å². The van der Waals surface area contributed by atoms with Crippen LogP contribution in [0.5, 0.6) is 0 Å². The van der Waals surface area contributed by atoms with E-state index in [0.717, 1.165) is 6.42 Å². The van der Waals surface area contributed by atoms with Crippen molar-refractivity contribution in [2.24, 2.45) is 5.41 Å². The van der Waals surface area contributed by atoms with Crippen molar-refractivity contribution in [1.82, 2.24) is 0 Å². The van der Waals surface area contributed by atoms with E-state index in [0.29, 0.717) is 25.0 Å². The van der Waals surface area contributed by atoms with E-state index in [1.807, 2.05) is 20.8 Å². The Morgan fingerprint density at radius 2 is 2.06 bits per heavy atom. The zero-order chi connectivity index (χ0) is 12.3. The minimum atomic E-state index is -0.318. The molecule has 0 heterocycles. The highest BCUT2D eigenvalue weighted by Crippen LogP contribution is 2.38. The van der Waals surface area contributed by atoms with Crippen LogP contribution in [0.2, 0.25) is 0 Å². The number of hydrogen-bond donors (Lipinski definition) is 0. The third-order valence-electron chi connectivity index (χ3n) is 2.46. The molecule has 0 aromatic carbocycles. The van der Waals surface area contributed by atoms with Crippen LogP contribution >= 0.6 is 11.6 Å². The molecule has 1 aliphatic carbocycles. The molecule has 0 radical (unpaired) electrons. The smallest absolute Gasteiger partial charge is 0.310 e. The summed E-state index contributed by atoms with van der Waals surface area (Å²) < 4.78 is 5.14. The van der Waals surface area contributed by atoms with Crippen LogP contribution in [0.3, 0.4) is 0 Å². The minimum Gasteiger partial charge on any atom is -0.429 e. The van der Waals surface area contributed by atoms with Gasteiger partial charge < -0.3 is 4.74 Å². The van der Waals surface area contributed by atoms with Crippen LogP contribution in [-0.4, -0.2) is 11.8 Å². The molecular weight excluding hydrogens is 228 g/mol. The standard InChI is InChI=1S/C12H17ClO3/c1-4-5-10(15)16-9-7-12(2,3)6-8(14)11(9)13/h4-7H2,1-3H3. The second kappa shape index (κ2) is 5.00. The van der Waals surface area contributed by atoms with Crippen molar-refractivity contribution in [3.8, 4) is 0 Å². The van der Waals surface area contributed by atoms with Gasteiger partial charge >= 0.3 is 5.97 Å². The molecular formula is C12H17ClO3. The maximum absolute atomic E-state index is 11.6. The lowest BCUT2D eigenvalue weighted by molar-refractivity contribution is -0.140. The third-order valence-corrected chi connectivity index (χ3v) is 2.88. The quantitative estimate of drug-likeness (QED) is 0.717. The van der Waals surface area contributed by atoms with Crippen LogP contribution in [0.4, 0.5) is 0 Å². The van der Waals surface area contributed by atoms with Gasteiger partial charge in [-0.05, 0) is 11.8 Å². The number of carbonyl (C=O) groups is 2. The van der Waals surface area contributed by atoms with Crippen molar-refractivity contribution in [2.45, 2.75) is 46.5 Å². The Hall–Kier alpha value is -0.830. The lowest BCUT2D eigenvalue weighted by atomic mass is 9.79. The van der Waals surface area contributed by atoms with Gasteiger partial charge in [0.2, 0.25) is 0 Å². The summed E-state index contributed by atoms with van der Waals surface area (Å²) in [6.07, 6.45) is 2.01. The fourth-order valence-electron chi connectivity index (χ4n) is 1.72. The highest BCUT2D eigenvalue weighted by molar-refractivity contribution is 6.43. The first kappa shape index (κ1) is 13.2. The molecule has 0 spiro atoms. The fourth-order valence-corrected chi connectivity index (χ4v) is 1.89. The van der Waals surface area contributed by atoms with Gasteiger partial charge in [0.1, 0.15) is 10.8 Å². The molecule has 4 heteroatoms. The lowest BCUT2D eigenvalue weighted by Gasteiger charge is -2.29. The highest BCUT2D eigenvalue weighted by Gasteiger charge is 2.34. The Labute approximate surface area is 101 Å². The molecule has 1 aliphatic rings. The van der Waals surface area contributed by atoms with Crippen LogP contribution in [0.25, 0.3) is 0 Å². The third kappa shape index (κ3) is 3.34. The van der Waals surface area contributed by atoms with Crippen molar-refractivity contribution >= 4 is 23.4 Å². The number of Topliss-reactive ketones (excluding diaryl/α,β-unsaturated/α-hetero) is 1. The molecule has 0 N–H and O–H groups in total. The molecule has 1 rings (SSSR count). The van der Waals surface area contributed by atoms with Crippen molar-refractivity contribution < 1.29 is 14.3 Å². The van der Waals surface area contributed by atoms with Gasteiger partial charge in [0.05, 0.1) is 0 Å². The molecule has 0 amide bonds. The van der Waals surface area contributed by atoms with Crippen molar-refractivity contribution in [2.75, 3.05) is 0 Å². The Bertz CT molecular complexity index is 342. The van der Waals surface area contributed by atoms with Gasteiger partial charge in [-0.25, -0.2) is 0 Å². The summed E-state index contributed by atoms with van der Waals surface area (Å²) in [6.45, 7) is 5.82. The van der Waals surface area contributed by atoms with E-state index in [2.05, 4.69) is 0 Å². The summed E-state index contributed by atoms with van der Waals surface area (Å²) in [4.78, 5) is 22.9. The van der Waals surface area contributed by atoms with Crippen molar-refractivity contribution in [1.29, 1.82) is 0 Å². The monoisotopic (exact) mass is 244 g/mol. The molecule has 3 nitrogen and oxygen atoms in total. The Balaban J connectivity index is 2.80. The number of hydrogen-bond acceptors (Lipinski definition) is 3. The Morgan fingerprint density at radius 3 is 2.62 bits per heavy atom. The van der Waals surface area contributed by atoms with Gasteiger partial charge in [-0.3, -0.25) is 9.59 Å². The SMILES string of the molecule is CCCC(=O)OC1=C(Cl)C(=O)CC(C)(C)C1. The van der Waals surface area contributed by atoms with E-state index in [-0.39, 0.29) is 22.2 Å². The van der Waals surface area contributed by atoms with E-state index in [4.69, 9.17) is 16.3 Å². The van der Waals surface area contributed by atoms with Crippen LogP contribution in [-0.2, 0) is 14.3 Å². The molecule has 0 saturated heterocycles. The lowest BCUT2D eigenvalue weighted by Crippen LogP contribution is -2.26. The Kier molecular flexibility index (Phi) is 4.14. The van der Waals surface area contributed by atoms with Crippen molar-refractivity contribution in [3.63, 3.8) is 0 Å². The van der Waals surface area contributed by atoms with Crippen molar-refractivity contribution in [3.05, 3.63) is 10.8 Å². The van der Waals surface area contributed by atoms with Gasteiger partial charge in [0.25, 0.3) is 0 Å². The van der Waals surface area contributed by atoms with Gasteiger partial charge in [-0.2, -0.15) is 0 Å². The van der Waals surface area contributed by atoms with E-state index >= 15 is 0 Å². The predicted molar refractivity (Wildman–Crippen MR) is 61.9 cm³/mol. The zero-order valence-electron chi connectivity index (χ0n) is 9.93. The second-order valence-corrected chi connectivity index (χ2v) is 5.28. The number of carbonyl (C=O) groups excluding carboxylic acids is 2. The van der Waals surface area contributed by atoms with Gasteiger partial charge in [-0.15, -0.1) is 0 Å². The van der Waals surface area contributed by atoms with Gasteiger partial charge in [0.15, 0.2) is 5.78 Å². The number of rotatable bonds is 3. The first-order valence-electron chi connectivity index (χ1n) is 5.48. The molecule has 0 aliphatic heterocycles. The maximum Gasteiger partial charge on any atom is 0.310 e. The highest BCUT2D eigenvalue weighted by atomic mass is 35.5. The summed E-state index contributed by atoms with van der Waals surface area (Å²) >= 11 is 5.86.